The Bertz CT molecular complexity index is 648. The minimum atomic E-state index is -0.120. The monoisotopic (exact) mass is 309 g/mol. The molecule has 0 aliphatic rings. The van der Waals surface area contributed by atoms with Crippen LogP contribution >= 0.6 is 0 Å². The second-order valence-corrected chi connectivity index (χ2v) is 6.23. The molecule has 2 nitrogen and oxygen atoms in total. The molecule has 0 saturated carbocycles. The zero-order valence-electron chi connectivity index (χ0n) is 14.6. The average molecular weight is 309 g/mol. The van der Waals surface area contributed by atoms with Crippen LogP contribution in [-0.4, -0.2) is 5.91 Å². The predicted molar refractivity (Wildman–Crippen MR) is 97.8 cm³/mol. The van der Waals surface area contributed by atoms with E-state index in [1.807, 2.05) is 24.3 Å². The fourth-order valence-electron chi connectivity index (χ4n) is 3.04. The Morgan fingerprint density at radius 2 is 1.74 bits per heavy atom. The number of rotatable bonds is 6. The van der Waals surface area contributed by atoms with Crippen LogP contribution in [0.15, 0.2) is 48.5 Å². The molecule has 0 aliphatic carbocycles. The number of amides is 1. The molecule has 2 aromatic rings. The third kappa shape index (κ3) is 4.01. The summed E-state index contributed by atoms with van der Waals surface area (Å²) in [4.78, 5) is 13.0. The second-order valence-electron chi connectivity index (χ2n) is 6.23. The van der Waals surface area contributed by atoms with Crippen molar-refractivity contribution in [2.75, 3.05) is 5.32 Å². The number of carbonyl (C=O) groups excluding carboxylic acids is 1. The summed E-state index contributed by atoms with van der Waals surface area (Å²) in [5.74, 6) is 0.270. The predicted octanol–water partition coefficient (Wildman–Crippen LogP) is 5.33. The van der Waals surface area contributed by atoms with Gasteiger partial charge in [0.05, 0.1) is 5.92 Å². The molecule has 0 aromatic heterocycles. The lowest BCUT2D eigenvalue weighted by Crippen LogP contribution is -2.27. The number of nitrogens with one attached hydrogen (secondary N) is 1. The Labute approximate surface area is 139 Å². The molecule has 2 aromatic carbocycles. The Balaban J connectivity index is 2.33. The van der Waals surface area contributed by atoms with Crippen LogP contribution in [0.2, 0.25) is 0 Å². The zero-order valence-corrected chi connectivity index (χ0v) is 14.6. The summed E-state index contributed by atoms with van der Waals surface area (Å²) < 4.78 is 0. The lowest BCUT2D eigenvalue weighted by Gasteiger charge is -2.24. The highest BCUT2D eigenvalue weighted by atomic mass is 16.1. The molecule has 23 heavy (non-hydrogen) atoms. The maximum Gasteiger partial charge on any atom is 0.232 e. The Morgan fingerprint density at radius 1 is 1.04 bits per heavy atom. The first-order valence-corrected chi connectivity index (χ1v) is 8.52. The van der Waals surface area contributed by atoms with E-state index in [0.29, 0.717) is 5.92 Å². The fourth-order valence-corrected chi connectivity index (χ4v) is 3.04. The van der Waals surface area contributed by atoms with Gasteiger partial charge in [0, 0.05) is 5.69 Å². The van der Waals surface area contributed by atoms with Crippen molar-refractivity contribution in [1.82, 2.24) is 0 Å². The van der Waals surface area contributed by atoms with Crippen molar-refractivity contribution in [3.8, 4) is 0 Å². The number of hydrogen-bond acceptors (Lipinski definition) is 1. The van der Waals surface area contributed by atoms with Crippen molar-refractivity contribution in [2.45, 2.75) is 46.5 Å². The molecule has 0 radical (unpaired) electrons. The summed E-state index contributed by atoms with van der Waals surface area (Å²) in [7, 11) is 0. The third-order valence-corrected chi connectivity index (χ3v) is 4.64. The zero-order chi connectivity index (χ0) is 16.8. The summed E-state index contributed by atoms with van der Waals surface area (Å²) in [6.07, 6.45) is 1.89. The minimum absolute atomic E-state index is 0.0922. The molecule has 0 aliphatic heterocycles. The van der Waals surface area contributed by atoms with E-state index in [1.54, 1.807) is 0 Å². The van der Waals surface area contributed by atoms with Gasteiger partial charge >= 0.3 is 0 Å². The van der Waals surface area contributed by atoms with E-state index < -0.39 is 0 Å². The van der Waals surface area contributed by atoms with Crippen LogP contribution in [0.4, 0.5) is 5.69 Å². The van der Waals surface area contributed by atoms with Crippen LogP contribution in [0.1, 0.15) is 49.8 Å². The Morgan fingerprint density at radius 3 is 2.35 bits per heavy atom. The van der Waals surface area contributed by atoms with Gasteiger partial charge in [0.2, 0.25) is 5.91 Å². The average Bonchev–Trinajstić information content (AvgIpc) is 2.57. The SMILES string of the molecule is CCc1cccc(C)c1NC(=O)[C@H](c1ccccc1)[C@@H](C)CC. The molecule has 0 spiro atoms. The lowest BCUT2D eigenvalue weighted by molar-refractivity contribution is -0.118. The van der Waals surface area contributed by atoms with Crippen molar-refractivity contribution < 1.29 is 4.79 Å². The summed E-state index contributed by atoms with van der Waals surface area (Å²) >= 11 is 0. The molecule has 0 heterocycles. The lowest BCUT2D eigenvalue weighted by atomic mass is 9.84. The van der Waals surface area contributed by atoms with E-state index in [4.69, 9.17) is 0 Å². The van der Waals surface area contributed by atoms with Gasteiger partial charge in [-0.3, -0.25) is 4.79 Å². The summed E-state index contributed by atoms with van der Waals surface area (Å²) in [6.45, 7) is 8.46. The molecule has 1 amide bonds. The number of hydrogen-bond donors (Lipinski definition) is 1. The quantitative estimate of drug-likeness (QED) is 0.768. The first-order chi connectivity index (χ1) is 11.1. The van der Waals surface area contributed by atoms with Crippen molar-refractivity contribution in [1.29, 1.82) is 0 Å². The molecule has 0 fully saturated rings. The maximum absolute atomic E-state index is 13.0. The van der Waals surface area contributed by atoms with Crippen molar-refractivity contribution in [3.05, 3.63) is 65.2 Å². The van der Waals surface area contributed by atoms with Crippen LogP contribution < -0.4 is 5.32 Å². The number of aryl methyl sites for hydroxylation is 2. The van der Waals surface area contributed by atoms with Gasteiger partial charge in [-0.05, 0) is 36.0 Å². The van der Waals surface area contributed by atoms with Gasteiger partial charge in [-0.15, -0.1) is 0 Å². The summed E-state index contributed by atoms with van der Waals surface area (Å²) in [5.41, 5.74) is 4.37. The molecule has 2 heteroatoms. The van der Waals surface area contributed by atoms with E-state index in [-0.39, 0.29) is 11.8 Å². The van der Waals surface area contributed by atoms with E-state index in [2.05, 4.69) is 57.3 Å². The van der Waals surface area contributed by atoms with Crippen LogP contribution in [0.25, 0.3) is 0 Å². The molecule has 0 saturated heterocycles. The molecule has 0 bridgehead atoms. The van der Waals surface area contributed by atoms with Gasteiger partial charge < -0.3 is 5.32 Å². The van der Waals surface area contributed by atoms with E-state index in [1.165, 1.54) is 5.56 Å². The molecular weight excluding hydrogens is 282 g/mol. The van der Waals surface area contributed by atoms with Crippen LogP contribution in [0, 0.1) is 12.8 Å². The minimum Gasteiger partial charge on any atom is -0.325 e. The standard InChI is InChI=1S/C21H27NO/c1-5-15(3)19(18-12-8-7-9-13-18)21(23)22-20-16(4)11-10-14-17(20)6-2/h7-15,19H,5-6H2,1-4H3,(H,22,23)/t15-,19-/m0/s1. The first-order valence-electron chi connectivity index (χ1n) is 8.52. The van der Waals surface area contributed by atoms with Crippen molar-refractivity contribution in [3.63, 3.8) is 0 Å². The number of benzene rings is 2. The van der Waals surface area contributed by atoms with Gasteiger partial charge in [-0.1, -0.05) is 75.7 Å². The molecule has 122 valence electrons. The molecule has 2 rings (SSSR count). The Kier molecular flexibility index (Phi) is 5.97. The Hall–Kier alpha value is -2.09. The second kappa shape index (κ2) is 7.96. The fraction of sp³-hybridized carbons (Fsp3) is 0.381. The number of para-hydroxylation sites is 1. The largest absolute Gasteiger partial charge is 0.325 e. The highest BCUT2D eigenvalue weighted by Gasteiger charge is 2.26. The van der Waals surface area contributed by atoms with Crippen molar-refractivity contribution >= 4 is 11.6 Å². The summed E-state index contributed by atoms with van der Waals surface area (Å²) in [5, 5.41) is 3.20. The molecule has 1 N–H and O–H groups in total. The van der Waals surface area contributed by atoms with E-state index in [0.717, 1.165) is 29.7 Å². The van der Waals surface area contributed by atoms with E-state index in [9.17, 15) is 4.79 Å². The smallest absolute Gasteiger partial charge is 0.232 e. The summed E-state index contributed by atoms with van der Waals surface area (Å²) in [6, 6.07) is 16.3. The van der Waals surface area contributed by atoms with Gasteiger partial charge in [0.15, 0.2) is 0 Å². The third-order valence-electron chi connectivity index (χ3n) is 4.64. The number of anilines is 1. The maximum atomic E-state index is 13.0. The van der Waals surface area contributed by atoms with Gasteiger partial charge in [0.25, 0.3) is 0 Å². The van der Waals surface area contributed by atoms with Gasteiger partial charge in [0.1, 0.15) is 0 Å². The topological polar surface area (TPSA) is 29.1 Å². The van der Waals surface area contributed by atoms with Crippen LogP contribution in [0.3, 0.4) is 0 Å². The molecule has 0 unspecified atom stereocenters. The highest BCUT2D eigenvalue weighted by Crippen LogP contribution is 2.30. The highest BCUT2D eigenvalue weighted by molar-refractivity contribution is 5.97. The molecule has 2 atom stereocenters. The van der Waals surface area contributed by atoms with Crippen LogP contribution in [-0.2, 0) is 11.2 Å². The number of carbonyl (C=O) groups is 1. The normalized spacial score (nSPS) is 13.4. The van der Waals surface area contributed by atoms with Crippen LogP contribution in [0.5, 0.6) is 0 Å². The molecular formula is C21H27NO. The van der Waals surface area contributed by atoms with E-state index >= 15 is 0 Å². The van der Waals surface area contributed by atoms with Gasteiger partial charge in [-0.25, -0.2) is 0 Å². The van der Waals surface area contributed by atoms with Gasteiger partial charge in [-0.2, -0.15) is 0 Å². The van der Waals surface area contributed by atoms with Crippen molar-refractivity contribution in [2.24, 2.45) is 5.92 Å². The first kappa shape index (κ1) is 17.3.